The molecule has 0 heterocycles. The highest BCUT2D eigenvalue weighted by Gasteiger charge is 2.34. The zero-order chi connectivity index (χ0) is 16.8. The summed E-state index contributed by atoms with van der Waals surface area (Å²) < 4.78 is 59.6. The average Bonchev–Trinajstić information content (AvgIpc) is 2.47. The van der Waals surface area contributed by atoms with Crippen LogP contribution in [0, 0.1) is 0 Å². The summed E-state index contributed by atoms with van der Waals surface area (Å²) in [4.78, 5) is 0. The van der Waals surface area contributed by atoms with Crippen LogP contribution in [0.1, 0.15) is 11.1 Å². The lowest BCUT2D eigenvalue weighted by atomic mass is 10.1. The SMILES string of the molecule is FC(F)(COCC(F)(F)Cc1ccccc1)Cc1ccccc1. The van der Waals surface area contributed by atoms with Gasteiger partial charge in [-0.25, -0.2) is 17.6 Å². The molecule has 2 rings (SSSR count). The van der Waals surface area contributed by atoms with Crippen LogP contribution in [0.2, 0.25) is 0 Å². The normalized spacial score (nSPS) is 12.3. The van der Waals surface area contributed by atoms with E-state index in [1.165, 1.54) is 0 Å². The largest absolute Gasteiger partial charge is 0.369 e. The molecular weight excluding hydrogens is 308 g/mol. The number of rotatable bonds is 8. The number of ether oxygens (including phenoxy) is 1. The van der Waals surface area contributed by atoms with Crippen LogP contribution in [0.5, 0.6) is 0 Å². The molecule has 0 bridgehead atoms. The van der Waals surface area contributed by atoms with E-state index in [0.29, 0.717) is 11.1 Å². The van der Waals surface area contributed by atoms with E-state index in [1.54, 1.807) is 60.7 Å². The summed E-state index contributed by atoms with van der Waals surface area (Å²) in [7, 11) is 0. The second-order valence-corrected chi connectivity index (χ2v) is 5.53. The minimum atomic E-state index is -3.18. The maximum atomic E-state index is 13.7. The summed E-state index contributed by atoms with van der Waals surface area (Å²) in [5, 5.41) is 0. The molecule has 2 aromatic carbocycles. The quantitative estimate of drug-likeness (QED) is 0.636. The highest BCUT2D eigenvalue weighted by Crippen LogP contribution is 2.24. The van der Waals surface area contributed by atoms with Crippen LogP contribution in [0.4, 0.5) is 17.6 Å². The monoisotopic (exact) mass is 326 g/mol. The molecule has 5 heteroatoms. The summed E-state index contributed by atoms with van der Waals surface area (Å²) in [5.41, 5.74) is 0.884. The zero-order valence-electron chi connectivity index (χ0n) is 12.5. The molecule has 124 valence electrons. The van der Waals surface area contributed by atoms with Crippen molar-refractivity contribution in [2.45, 2.75) is 24.7 Å². The molecule has 0 atom stereocenters. The van der Waals surface area contributed by atoms with Crippen molar-refractivity contribution in [3.63, 3.8) is 0 Å². The summed E-state index contributed by atoms with van der Waals surface area (Å²) >= 11 is 0. The summed E-state index contributed by atoms with van der Waals surface area (Å²) in [5.74, 6) is -6.35. The number of hydrogen-bond acceptors (Lipinski definition) is 1. The molecule has 0 aliphatic carbocycles. The van der Waals surface area contributed by atoms with Crippen molar-refractivity contribution in [2.24, 2.45) is 0 Å². The van der Waals surface area contributed by atoms with Crippen molar-refractivity contribution in [1.82, 2.24) is 0 Å². The van der Waals surface area contributed by atoms with Crippen LogP contribution in [-0.2, 0) is 17.6 Å². The van der Waals surface area contributed by atoms with Gasteiger partial charge >= 0.3 is 0 Å². The molecule has 1 nitrogen and oxygen atoms in total. The van der Waals surface area contributed by atoms with Crippen LogP contribution in [0.3, 0.4) is 0 Å². The number of alkyl halides is 4. The Morgan fingerprint density at radius 1 is 0.609 bits per heavy atom. The molecule has 0 aliphatic rings. The van der Waals surface area contributed by atoms with Crippen LogP contribution in [0.15, 0.2) is 60.7 Å². The second-order valence-electron chi connectivity index (χ2n) is 5.53. The van der Waals surface area contributed by atoms with Crippen molar-refractivity contribution in [3.05, 3.63) is 71.8 Å². The van der Waals surface area contributed by atoms with Gasteiger partial charge in [-0.3, -0.25) is 0 Å². The molecule has 0 unspecified atom stereocenters. The molecule has 2 aromatic rings. The maximum Gasteiger partial charge on any atom is 0.274 e. The fraction of sp³-hybridized carbons (Fsp3) is 0.333. The number of halogens is 4. The first-order chi connectivity index (χ1) is 10.9. The summed E-state index contributed by atoms with van der Waals surface area (Å²) in [6.07, 6.45) is -1.06. The van der Waals surface area contributed by atoms with E-state index in [2.05, 4.69) is 4.74 Å². The van der Waals surface area contributed by atoms with Crippen LogP contribution < -0.4 is 0 Å². The molecule has 0 radical (unpaired) electrons. The second kappa shape index (κ2) is 7.59. The molecule has 0 saturated carbocycles. The predicted octanol–water partition coefficient (Wildman–Crippen LogP) is 4.76. The number of hydrogen-bond donors (Lipinski definition) is 0. The Morgan fingerprint density at radius 3 is 1.30 bits per heavy atom. The summed E-state index contributed by atoms with van der Waals surface area (Å²) in [6, 6.07) is 16.3. The van der Waals surface area contributed by atoms with Gasteiger partial charge < -0.3 is 4.74 Å². The Morgan fingerprint density at radius 2 is 0.957 bits per heavy atom. The lowest BCUT2D eigenvalue weighted by Crippen LogP contribution is -2.32. The van der Waals surface area contributed by atoms with Gasteiger partial charge in [-0.1, -0.05) is 60.7 Å². The first kappa shape index (κ1) is 17.5. The molecule has 0 spiro atoms. The van der Waals surface area contributed by atoms with Gasteiger partial charge in [0.2, 0.25) is 0 Å². The van der Waals surface area contributed by atoms with Gasteiger partial charge in [0.1, 0.15) is 13.2 Å². The Bertz CT molecular complexity index is 531. The van der Waals surface area contributed by atoms with Crippen LogP contribution >= 0.6 is 0 Å². The first-order valence-corrected chi connectivity index (χ1v) is 7.28. The fourth-order valence-electron chi connectivity index (χ4n) is 2.24. The van der Waals surface area contributed by atoms with E-state index in [9.17, 15) is 17.6 Å². The lowest BCUT2D eigenvalue weighted by molar-refractivity contribution is -0.127. The van der Waals surface area contributed by atoms with Crippen LogP contribution in [-0.4, -0.2) is 25.1 Å². The van der Waals surface area contributed by atoms with E-state index >= 15 is 0 Å². The molecule has 0 saturated heterocycles. The van der Waals surface area contributed by atoms with Crippen molar-refractivity contribution in [1.29, 1.82) is 0 Å². The van der Waals surface area contributed by atoms with Gasteiger partial charge in [0.25, 0.3) is 11.8 Å². The van der Waals surface area contributed by atoms with Gasteiger partial charge in [0, 0.05) is 12.8 Å². The van der Waals surface area contributed by atoms with Gasteiger partial charge in [-0.2, -0.15) is 0 Å². The fourth-order valence-corrected chi connectivity index (χ4v) is 2.24. The van der Waals surface area contributed by atoms with E-state index in [0.717, 1.165) is 0 Å². The van der Waals surface area contributed by atoms with E-state index in [4.69, 9.17) is 0 Å². The third-order valence-corrected chi connectivity index (χ3v) is 3.24. The molecule has 0 aromatic heterocycles. The van der Waals surface area contributed by atoms with Gasteiger partial charge in [0.05, 0.1) is 0 Å². The maximum absolute atomic E-state index is 13.7. The molecule has 23 heavy (non-hydrogen) atoms. The molecule has 0 N–H and O–H groups in total. The Balaban J connectivity index is 1.80. The van der Waals surface area contributed by atoms with E-state index in [1.807, 2.05) is 0 Å². The Kier molecular flexibility index (Phi) is 5.77. The Labute approximate surface area is 132 Å². The third kappa shape index (κ3) is 6.40. The van der Waals surface area contributed by atoms with Gasteiger partial charge in [0.15, 0.2) is 0 Å². The number of benzene rings is 2. The summed E-state index contributed by atoms with van der Waals surface area (Å²) in [6.45, 7) is -2.04. The van der Waals surface area contributed by atoms with Crippen molar-refractivity contribution in [2.75, 3.05) is 13.2 Å². The minimum Gasteiger partial charge on any atom is -0.369 e. The molecular formula is C18H18F4O. The highest BCUT2D eigenvalue weighted by molar-refractivity contribution is 5.17. The van der Waals surface area contributed by atoms with Crippen LogP contribution in [0.25, 0.3) is 0 Å². The smallest absolute Gasteiger partial charge is 0.274 e. The van der Waals surface area contributed by atoms with Crippen molar-refractivity contribution in [3.8, 4) is 0 Å². The van der Waals surface area contributed by atoms with E-state index < -0.39 is 37.9 Å². The zero-order valence-corrected chi connectivity index (χ0v) is 12.5. The average molecular weight is 326 g/mol. The third-order valence-electron chi connectivity index (χ3n) is 3.24. The lowest BCUT2D eigenvalue weighted by Gasteiger charge is -2.20. The van der Waals surface area contributed by atoms with Gasteiger partial charge in [-0.15, -0.1) is 0 Å². The molecule has 0 amide bonds. The molecule has 0 aliphatic heterocycles. The van der Waals surface area contributed by atoms with Gasteiger partial charge in [-0.05, 0) is 11.1 Å². The van der Waals surface area contributed by atoms with E-state index in [-0.39, 0.29) is 0 Å². The first-order valence-electron chi connectivity index (χ1n) is 7.28. The predicted molar refractivity (Wildman–Crippen MR) is 81.0 cm³/mol. The Hall–Kier alpha value is -1.88. The molecule has 0 fully saturated rings. The van der Waals surface area contributed by atoms with Crippen molar-refractivity contribution >= 4 is 0 Å². The van der Waals surface area contributed by atoms with Crippen molar-refractivity contribution < 1.29 is 22.3 Å². The minimum absolute atomic E-state index is 0.442. The topological polar surface area (TPSA) is 9.23 Å². The standard InChI is InChI=1S/C18H18F4O/c19-17(20,11-15-7-3-1-4-8-15)13-23-14-18(21,22)12-16-9-5-2-6-10-16/h1-10H,11-14H2. The highest BCUT2D eigenvalue weighted by atomic mass is 19.3.